The molecule has 1 aliphatic rings. The van der Waals surface area contributed by atoms with Crippen LogP contribution < -0.4 is 14.8 Å². The van der Waals surface area contributed by atoms with Crippen molar-refractivity contribution in [3.05, 3.63) is 29.8 Å². The molecule has 5 nitrogen and oxygen atoms in total. The number of hydrogen-bond acceptors (Lipinski definition) is 4. The van der Waals surface area contributed by atoms with E-state index < -0.39 is 0 Å². The average molecular weight is 319 g/mol. The van der Waals surface area contributed by atoms with Crippen LogP contribution in [0.4, 0.5) is 0 Å². The van der Waals surface area contributed by atoms with Crippen molar-refractivity contribution in [1.82, 2.24) is 5.32 Å². The van der Waals surface area contributed by atoms with Crippen LogP contribution in [-0.2, 0) is 9.53 Å². The van der Waals surface area contributed by atoms with Gasteiger partial charge in [0.1, 0.15) is 0 Å². The molecule has 126 valence electrons. The van der Waals surface area contributed by atoms with Crippen molar-refractivity contribution in [3.8, 4) is 11.5 Å². The molecule has 2 rings (SSSR count). The van der Waals surface area contributed by atoms with E-state index in [0.29, 0.717) is 31.3 Å². The molecule has 0 spiro atoms. The average Bonchev–Trinajstić information content (AvgIpc) is 3.07. The van der Waals surface area contributed by atoms with E-state index in [1.54, 1.807) is 6.08 Å². The van der Waals surface area contributed by atoms with Crippen LogP contribution in [-0.4, -0.2) is 38.4 Å². The third-order valence-corrected chi connectivity index (χ3v) is 3.52. The number of benzene rings is 1. The Kier molecular flexibility index (Phi) is 6.94. The molecule has 1 aliphatic heterocycles. The van der Waals surface area contributed by atoms with Gasteiger partial charge in [-0.1, -0.05) is 6.07 Å². The summed E-state index contributed by atoms with van der Waals surface area (Å²) in [6, 6.07) is 5.63. The SMILES string of the molecule is CCOc1ccc(/C=C/C(=O)NC[C@@H]2CCCO2)cc1OCC. The Morgan fingerprint density at radius 2 is 2.09 bits per heavy atom. The maximum Gasteiger partial charge on any atom is 0.244 e. The van der Waals surface area contributed by atoms with Crippen LogP contribution in [0.3, 0.4) is 0 Å². The fourth-order valence-corrected chi connectivity index (χ4v) is 2.42. The highest BCUT2D eigenvalue weighted by Gasteiger charge is 2.15. The fourth-order valence-electron chi connectivity index (χ4n) is 2.42. The second kappa shape index (κ2) is 9.20. The third kappa shape index (κ3) is 5.60. The van der Waals surface area contributed by atoms with Crippen molar-refractivity contribution in [3.63, 3.8) is 0 Å². The van der Waals surface area contributed by atoms with Gasteiger partial charge in [-0.2, -0.15) is 0 Å². The van der Waals surface area contributed by atoms with E-state index >= 15 is 0 Å². The molecule has 1 fully saturated rings. The van der Waals surface area contributed by atoms with Crippen LogP contribution in [0.1, 0.15) is 32.3 Å². The summed E-state index contributed by atoms with van der Waals surface area (Å²) < 4.78 is 16.6. The van der Waals surface area contributed by atoms with Crippen molar-refractivity contribution in [2.24, 2.45) is 0 Å². The Bertz CT molecular complexity index is 536. The zero-order valence-corrected chi connectivity index (χ0v) is 13.8. The van der Waals surface area contributed by atoms with Crippen LogP contribution in [0.25, 0.3) is 6.08 Å². The van der Waals surface area contributed by atoms with Crippen LogP contribution in [0.5, 0.6) is 11.5 Å². The summed E-state index contributed by atoms with van der Waals surface area (Å²) in [6.07, 6.45) is 5.54. The van der Waals surface area contributed by atoms with E-state index in [1.165, 1.54) is 6.08 Å². The number of carbonyl (C=O) groups is 1. The second-order valence-electron chi connectivity index (χ2n) is 5.29. The van der Waals surface area contributed by atoms with Crippen molar-refractivity contribution in [1.29, 1.82) is 0 Å². The Morgan fingerprint density at radius 1 is 1.30 bits per heavy atom. The molecule has 0 saturated carbocycles. The zero-order chi connectivity index (χ0) is 16.5. The quantitative estimate of drug-likeness (QED) is 0.749. The van der Waals surface area contributed by atoms with Gasteiger partial charge >= 0.3 is 0 Å². The molecule has 0 unspecified atom stereocenters. The first-order valence-electron chi connectivity index (χ1n) is 8.20. The molecule has 5 heteroatoms. The van der Waals surface area contributed by atoms with Gasteiger partial charge in [-0.15, -0.1) is 0 Å². The number of carbonyl (C=O) groups excluding carboxylic acids is 1. The van der Waals surface area contributed by atoms with Crippen molar-refractivity contribution in [2.45, 2.75) is 32.8 Å². The van der Waals surface area contributed by atoms with E-state index in [1.807, 2.05) is 32.0 Å². The number of rotatable bonds is 8. The van der Waals surface area contributed by atoms with E-state index in [-0.39, 0.29) is 12.0 Å². The summed E-state index contributed by atoms with van der Waals surface area (Å²) in [4.78, 5) is 11.8. The normalized spacial score (nSPS) is 17.4. The minimum Gasteiger partial charge on any atom is -0.490 e. The second-order valence-corrected chi connectivity index (χ2v) is 5.29. The summed E-state index contributed by atoms with van der Waals surface area (Å²) in [5.41, 5.74) is 0.893. The number of ether oxygens (including phenoxy) is 3. The van der Waals surface area contributed by atoms with Gasteiger partial charge in [-0.25, -0.2) is 0 Å². The van der Waals surface area contributed by atoms with E-state index in [2.05, 4.69) is 5.32 Å². The first-order chi connectivity index (χ1) is 11.2. The van der Waals surface area contributed by atoms with Crippen LogP contribution in [0, 0.1) is 0 Å². The molecule has 1 amide bonds. The minimum atomic E-state index is -0.118. The largest absolute Gasteiger partial charge is 0.490 e. The molecule has 0 aliphatic carbocycles. The topological polar surface area (TPSA) is 56.8 Å². The van der Waals surface area contributed by atoms with Gasteiger partial charge in [-0.3, -0.25) is 4.79 Å². The molecule has 1 aromatic carbocycles. The summed E-state index contributed by atoms with van der Waals surface area (Å²) in [7, 11) is 0. The first kappa shape index (κ1) is 17.3. The highest BCUT2D eigenvalue weighted by atomic mass is 16.5. The lowest BCUT2D eigenvalue weighted by Crippen LogP contribution is -2.30. The maximum atomic E-state index is 11.8. The number of nitrogens with one attached hydrogen (secondary N) is 1. The van der Waals surface area contributed by atoms with Crippen LogP contribution in [0.15, 0.2) is 24.3 Å². The summed E-state index contributed by atoms with van der Waals surface area (Å²) in [5, 5.41) is 2.86. The van der Waals surface area contributed by atoms with Crippen molar-refractivity contribution < 1.29 is 19.0 Å². The number of hydrogen-bond donors (Lipinski definition) is 1. The Morgan fingerprint density at radius 3 is 2.78 bits per heavy atom. The fraction of sp³-hybridized carbons (Fsp3) is 0.500. The first-order valence-corrected chi connectivity index (χ1v) is 8.20. The van der Waals surface area contributed by atoms with Crippen molar-refractivity contribution >= 4 is 12.0 Å². The standard InChI is InChI=1S/C18H25NO4/c1-3-21-16-9-7-14(12-17(16)22-4-2)8-10-18(20)19-13-15-6-5-11-23-15/h7-10,12,15H,3-6,11,13H2,1-2H3,(H,19,20)/b10-8+/t15-/m0/s1. The van der Waals surface area contributed by atoms with E-state index in [9.17, 15) is 4.79 Å². The van der Waals surface area contributed by atoms with Gasteiger partial charge in [0.15, 0.2) is 11.5 Å². The monoisotopic (exact) mass is 319 g/mol. The minimum absolute atomic E-state index is 0.118. The molecule has 0 aromatic heterocycles. The zero-order valence-electron chi connectivity index (χ0n) is 13.8. The highest BCUT2D eigenvalue weighted by molar-refractivity contribution is 5.91. The lowest BCUT2D eigenvalue weighted by atomic mass is 10.2. The summed E-state index contributed by atoms with van der Waals surface area (Å²) >= 11 is 0. The molecular weight excluding hydrogens is 294 g/mol. The third-order valence-electron chi connectivity index (χ3n) is 3.52. The highest BCUT2D eigenvalue weighted by Crippen LogP contribution is 2.28. The van der Waals surface area contributed by atoms with Gasteiger partial charge < -0.3 is 19.5 Å². The molecule has 23 heavy (non-hydrogen) atoms. The van der Waals surface area contributed by atoms with Gasteiger partial charge in [0, 0.05) is 19.2 Å². The summed E-state index contributed by atoms with van der Waals surface area (Å²) in [6.45, 7) is 6.37. The predicted octanol–water partition coefficient (Wildman–Crippen LogP) is 2.79. The molecule has 1 saturated heterocycles. The Balaban J connectivity index is 1.92. The molecule has 1 atom stereocenters. The smallest absolute Gasteiger partial charge is 0.244 e. The lowest BCUT2D eigenvalue weighted by Gasteiger charge is -2.11. The van der Waals surface area contributed by atoms with E-state index in [0.717, 1.165) is 25.0 Å². The van der Waals surface area contributed by atoms with Gasteiger partial charge in [0.2, 0.25) is 5.91 Å². The Labute approximate surface area is 137 Å². The van der Waals surface area contributed by atoms with Crippen molar-refractivity contribution in [2.75, 3.05) is 26.4 Å². The van der Waals surface area contributed by atoms with Gasteiger partial charge in [0.05, 0.1) is 19.3 Å². The molecule has 1 aromatic rings. The van der Waals surface area contributed by atoms with Gasteiger partial charge in [0.25, 0.3) is 0 Å². The van der Waals surface area contributed by atoms with Crippen LogP contribution in [0.2, 0.25) is 0 Å². The Hall–Kier alpha value is -2.01. The molecule has 0 bridgehead atoms. The lowest BCUT2D eigenvalue weighted by molar-refractivity contribution is -0.116. The molecule has 0 radical (unpaired) electrons. The summed E-state index contributed by atoms with van der Waals surface area (Å²) in [5.74, 6) is 1.29. The van der Waals surface area contributed by atoms with Gasteiger partial charge in [-0.05, 0) is 50.5 Å². The maximum absolute atomic E-state index is 11.8. The number of amides is 1. The molecule has 1 heterocycles. The molecular formula is C18H25NO4. The predicted molar refractivity (Wildman–Crippen MR) is 89.8 cm³/mol. The van der Waals surface area contributed by atoms with E-state index in [4.69, 9.17) is 14.2 Å². The molecule has 1 N–H and O–H groups in total. The van der Waals surface area contributed by atoms with Crippen LogP contribution >= 0.6 is 0 Å².